The van der Waals surface area contributed by atoms with Crippen LogP contribution in [0.2, 0.25) is 0 Å². The monoisotopic (exact) mass is 708 g/mol. The molecular weight excluding hydrogens is 677 g/mol. The van der Waals surface area contributed by atoms with Crippen molar-refractivity contribution in [1.82, 2.24) is 20.9 Å². The first kappa shape index (κ1) is 34.3. The minimum Gasteiger partial charge on any atom is -0.484 e. The molecule has 254 valence electrons. The van der Waals surface area contributed by atoms with E-state index in [1.807, 2.05) is 84.9 Å². The second kappa shape index (κ2) is 16.7. The highest BCUT2D eigenvalue weighted by Gasteiger charge is 2.31. The molecule has 2 heterocycles. The van der Waals surface area contributed by atoms with Crippen molar-refractivity contribution in [2.75, 3.05) is 24.7 Å². The van der Waals surface area contributed by atoms with Gasteiger partial charge < -0.3 is 9.47 Å². The number of thioether (sulfide) groups is 2. The number of hydrogen-bond donors (Lipinski definition) is 2. The smallest absolute Gasteiger partial charge is 0.276 e. The molecule has 4 amide bonds. The quantitative estimate of drug-likeness (QED) is 0.202. The average Bonchev–Trinajstić information content (AvgIpc) is 3.66. The molecule has 4 aromatic rings. The highest BCUT2D eigenvalue weighted by atomic mass is 32.2. The van der Waals surface area contributed by atoms with Crippen LogP contribution in [0.15, 0.2) is 119 Å². The zero-order valence-corrected chi connectivity index (χ0v) is 28.3. The van der Waals surface area contributed by atoms with Crippen LogP contribution in [-0.2, 0) is 32.0 Å². The molecule has 6 rings (SSSR count). The van der Waals surface area contributed by atoms with Gasteiger partial charge >= 0.3 is 0 Å². The number of aliphatic imine (C=N–C) groups is 2. The van der Waals surface area contributed by atoms with Crippen LogP contribution in [0.5, 0.6) is 11.5 Å². The molecule has 0 aliphatic carbocycles. The first-order valence-corrected chi connectivity index (χ1v) is 17.6. The van der Waals surface area contributed by atoms with Crippen LogP contribution < -0.4 is 20.3 Å². The van der Waals surface area contributed by atoms with E-state index in [-0.39, 0.29) is 36.5 Å². The van der Waals surface area contributed by atoms with E-state index in [1.54, 1.807) is 24.3 Å². The molecule has 0 bridgehead atoms. The van der Waals surface area contributed by atoms with E-state index in [1.165, 1.54) is 23.5 Å². The number of benzene rings is 4. The van der Waals surface area contributed by atoms with Crippen LogP contribution in [0, 0.1) is 0 Å². The molecule has 0 aromatic heterocycles. The van der Waals surface area contributed by atoms with Gasteiger partial charge in [0.05, 0.1) is 22.9 Å². The van der Waals surface area contributed by atoms with Crippen molar-refractivity contribution in [2.24, 2.45) is 9.98 Å². The number of hydrazine groups is 2. The van der Waals surface area contributed by atoms with E-state index in [0.717, 1.165) is 34.0 Å². The minimum absolute atomic E-state index is 0.195. The average molecular weight is 709 g/mol. The maximum atomic E-state index is 12.5. The Balaban J connectivity index is 0.914. The maximum absolute atomic E-state index is 12.5. The molecule has 2 aliphatic heterocycles. The molecule has 2 aliphatic rings. The highest BCUT2D eigenvalue weighted by molar-refractivity contribution is 8.15. The second-order valence-electron chi connectivity index (χ2n) is 10.9. The number of ether oxygens (including phenoxy) is 2. The van der Waals surface area contributed by atoms with E-state index >= 15 is 0 Å². The molecule has 4 aromatic carbocycles. The van der Waals surface area contributed by atoms with Crippen LogP contribution in [0.25, 0.3) is 0 Å². The lowest BCUT2D eigenvalue weighted by Gasteiger charge is -2.17. The third-order valence-electron chi connectivity index (χ3n) is 7.25. The Kier molecular flexibility index (Phi) is 11.4. The van der Waals surface area contributed by atoms with Crippen molar-refractivity contribution in [2.45, 2.75) is 12.8 Å². The summed E-state index contributed by atoms with van der Waals surface area (Å²) in [7, 11) is 0. The molecule has 0 radical (unpaired) electrons. The van der Waals surface area contributed by atoms with Gasteiger partial charge in [-0.2, -0.15) is 10.0 Å². The standard InChI is InChI=1S/C36H32N6O6S2/c43-31(39-41-33(45)23-49-35(41)37-27-7-3-1-4-8-27)21-47-29-17-13-25(14-18-29)11-12-26-15-19-30(20-16-26)48-22-32(44)40-42-34(46)24-50-36(42)38-28-9-5-2-6-10-28/h1-10,13-20H,11-12,21-24H2,(H,39,43)(H,40,44). The summed E-state index contributed by atoms with van der Waals surface area (Å²) in [6.45, 7) is -0.525. The van der Waals surface area contributed by atoms with Crippen molar-refractivity contribution >= 4 is 68.9 Å². The molecule has 50 heavy (non-hydrogen) atoms. The van der Waals surface area contributed by atoms with Gasteiger partial charge in [-0.15, -0.1) is 0 Å². The van der Waals surface area contributed by atoms with Gasteiger partial charge in [0.25, 0.3) is 23.6 Å². The van der Waals surface area contributed by atoms with Crippen LogP contribution in [-0.4, -0.2) is 68.7 Å². The summed E-state index contributed by atoms with van der Waals surface area (Å²) < 4.78 is 11.3. The van der Waals surface area contributed by atoms with Crippen LogP contribution in [0.1, 0.15) is 11.1 Å². The molecule has 14 heteroatoms. The lowest BCUT2D eigenvalue weighted by molar-refractivity contribution is -0.135. The molecule has 2 saturated heterocycles. The second-order valence-corrected chi connectivity index (χ2v) is 12.8. The van der Waals surface area contributed by atoms with Crippen molar-refractivity contribution in [3.8, 4) is 11.5 Å². The van der Waals surface area contributed by atoms with E-state index < -0.39 is 11.8 Å². The zero-order valence-electron chi connectivity index (χ0n) is 26.7. The fraction of sp³-hybridized carbons (Fsp3) is 0.167. The van der Waals surface area contributed by atoms with Crippen LogP contribution in [0.4, 0.5) is 11.4 Å². The Bertz CT molecular complexity index is 1750. The van der Waals surface area contributed by atoms with Gasteiger partial charge in [0, 0.05) is 0 Å². The number of nitrogens with zero attached hydrogens (tertiary/aromatic N) is 4. The Morgan fingerprint density at radius 2 is 0.960 bits per heavy atom. The van der Waals surface area contributed by atoms with Crippen LogP contribution >= 0.6 is 23.5 Å². The predicted molar refractivity (Wildman–Crippen MR) is 193 cm³/mol. The molecule has 0 spiro atoms. The van der Waals surface area contributed by atoms with E-state index in [0.29, 0.717) is 33.2 Å². The lowest BCUT2D eigenvalue weighted by Crippen LogP contribution is -2.47. The molecule has 0 atom stereocenters. The Hall–Kier alpha value is -5.60. The van der Waals surface area contributed by atoms with Gasteiger partial charge in [-0.25, -0.2) is 9.98 Å². The van der Waals surface area contributed by atoms with Crippen molar-refractivity contribution in [3.05, 3.63) is 120 Å². The van der Waals surface area contributed by atoms with Crippen LogP contribution in [0.3, 0.4) is 0 Å². The number of carbonyl (C=O) groups excluding carboxylic acids is 4. The van der Waals surface area contributed by atoms with Gasteiger partial charge in [0.15, 0.2) is 23.5 Å². The van der Waals surface area contributed by atoms with E-state index in [4.69, 9.17) is 9.47 Å². The van der Waals surface area contributed by atoms with Gasteiger partial charge in [-0.05, 0) is 72.5 Å². The third kappa shape index (κ3) is 9.51. The van der Waals surface area contributed by atoms with E-state index in [2.05, 4.69) is 20.8 Å². The van der Waals surface area contributed by atoms with Crippen molar-refractivity contribution in [3.63, 3.8) is 0 Å². The first-order chi connectivity index (χ1) is 24.4. The summed E-state index contributed by atoms with van der Waals surface area (Å²) >= 11 is 2.52. The summed E-state index contributed by atoms with van der Waals surface area (Å²) in [5, 5.41) is 3.14. The number of hydrogen-bond acceptors (Lipinski definition) is 10. The van der Waals surface area contributed by atoms with Gasteiger partial charge in [-0.1, -0.05) is 84.2 Å². The number of carbonyl (C=O) groups is 4. The minimum atomic E-state index is -0.470. The number of nitrogens with one attached hydrogen (secondary N) is 2. The van der Waals surface area contributed by atoms with Gasteiger partial charge in [0.2, 0.25) is 0 Å². The summed E-state index contributed by atoms with van der Waals surface area (Å²) in [5.41, 5.74) is 8.71. The number of amidine groups is 2. The number of amides is 4. The summed E-state index contributed by atoms with van der Waals surface area (Å²) in [6, 6.07) is 33.4. The topological polar surface area (TPSA) is 142 Å². The first-order valence-electron chi connectivity index (χ1n) is 15.6. The molecule has 2 fully saturated rings. The zero-order chi connectivity index (χ0) is 34.7. The van der Waals surface area contributed by atoms with Crippen molar-refractivity contribution in [1.29, 1.82) is 0 Å². The normalized spacial score (nSPS) is 15.8. The number of para-hydroxylation sites is 2. The molecule has 0 unspecified atom stereocenters. The third-order valence-corrected chi connectivity index (χ3v) is 9.10. The van der Waals surface area contributed by atoms with Crippen molar-refractivity contribution < 1.29 is 28.7 Å². The Morgan fingerprint density at radius 3 is 1.34 bits per heavy atom. The Morgan fingerprint density at radius 1 is 0.580 bits per heavy atom. The molecule has 0 saturated carbocycles. The number of rotatable bonds is 13. The van der Waals surface area contributed by atoms with E-state index in [9.17, 15) is 19.2 Å². The molecular formula is C36H32N6O6S2. The largest absolute Gasteiger partial charge is 0.484 e. The Labute approximate surface area is 296 Å². The summed E-state index contributed by atoms with van der Waals surface area (Å²) in [5.74, 6) is -0.00548. The summed E-state index contributed by atoms with van der Waals surface area (Å²) in [4.78, 5) is 58.6. The fourth-order valence-corrected chi connectivity index (χ4v) is 6.40. The van der Waals surface area contributed by atoms with Gasteiger partial charge in [0.1, 0.15) is 11.5 Å². The fourth-order valence-electron chi connectivity index (χ4n) is 4.74. The number of aryl methyl sites for hydroxylation is 2. The summed E-state index contributed by atoms with van der Waals surface area (Å²) in [6.07, 6.45) is 1.55. The molecule has 2 N–H and O–H groups in total. The maximum Gasteiger partial charge on any atom is 0.276 e. The van der Waals surface area contributed by atoms with Gasteiger partial charge in [-0.3, -0.25) is 30.0 Å². The lowest BCUT2D eigenvalue weighted by atomic mass is 10.0. The molecule has 12 nitrogen and oxygen atoms in total. The highest BCUT2D eigenvalue weighted by Crippen LogP contribution is 2.24. The predicted octanol–water partition coefficient (Wildman–Crippen LogP) is 4.82. The SMILES string of the molecule is O=C(COc1ccc(CCc2ccc(OCC(=O)NN3C(=O)CSC3=Nc3ccccc3)cc2)cc1)NN1C(=O)CSC1=Nc1ccccc1.